The fourth-order valence-corrected chi connectivity index (χ4v) is 3.48. The lowest BCUT2D eigenvalue weighted by Gasteiger charge is -2.13. The molecule has 1 atom stereocenters. The number of anilines is 1. The molecule has 3 aromatic rings. The smallest absolute Gasteiger partial charge is 0.119 e. The van der Waals surface area contributed by atoms with Crippen molar-refractivity contribution in [3.05, 3.63) is 95.0 Å². The summed E-state index contributed by atoms with van der Waals surface area (Å²) in [4.78, 5) is 4.81. The van der Waals surface area contributed by atoms with Gasteiger partial charge in [0.05, 0.1) is 30.3 Å². The molecule has 1 aliphatic rings. The van der Waals surface area contributed by atoms with Crippen molar-refractivity contribution in [1.82, 2.24) is 0 Å². The maximum atomic E-state index is 6.06. The summed E-state index contributed by atoms with van der Waals surface area (Å²) >= 11 is 6.06. The number of benzene rings is 3. The van der Waals surface area contributed by atoms with Crippen LogP contribution in [-0.4, -0.2) is 24.6 Å². The molecule has 1 aliphatic heterocycles. The van der Waals surface area contributed by atoms with Crippen LogP contribution in [0.2, 0.25) is 5.02 Å². The van der Waals surface area contributed by atoms with Crippen molar-refractivity contribution in [2.24, 2.45) is 10.1 Å². The molecule has 0 fully saturated rings. The van der Waals surface area contributed by atoms with E-state index in [1.807, 2.05) is 73.7 Å². The topological polar surface area (TPSA) is 46.0 Å². The number of nitrogens with one attached hydrogen (secondary N) is 1. The van der Waals surface area contributed by atoms with Crippen LogP contribution in [0.4, 0.5) is 5.69 Å². The third-order valence-corrected chi connectivity index (χ3v) is 5.05. The van der Waals surface area contributed by atoms with E-state index in [9.17, 15) is 0 Å². The molecular weight excluding hydrogens is 382 g/mol. The van der Waals surface area contributed by atoms with Gasteiger partial charge in [-0.25, -0.2) is 0 Å². The summed E-state index contributed by atoms with van der Waals surface area (Å²) < 4.78 is 5.50. The molecule has 0 aromatic heterocycles. The van der Waals surface area contributed by atoms with Gasteiger partial charge < -0.3 is 4.74 Å². The van der Waals surface area contributed by atoms with Crippen LogP contribution in [0.25, 0.3) is 0 Å². The summed E-state index contributed by atoms with van der Waals surface area (Å²) in [5.41, 5.74) is 8.13. The summed E-state index contributed by atoms with van der Waals surface area (Å²) in [6, 6.07) is 25.9. The lowest BCUT2D eigenvalue weighted by atomic mass is 9.92. The molecule has 0 amide bonds. The lowest BCUT2D eigenvalue weighted by Crippen LogP contribution is -2.20. The van der Waals surface area contributed by atoms with Gasteiger partial charge in [-0.15, -0.1) is 0 Å². The molecule has 0 bridgehead atoms. The zero-order chi connectivity index (χ0) is 20.1. The van der Waals surface area contributed by atoms with Gasteiger partial charge in [0.1, 0.15) is 5.75 Å². The third-order valence-electron chi connectivity index (χ3n) is 4.80. The third kappa shape index (κ3) is 4.49. The minimum atomic E-state index is 0.108. The van der Waals surface area contributed by atoms with Crippen LogP contribution in [0.5, 0.6) is 5.75 Å². The van der Waals surface area contributed by atoms with E-state index in [1.165, 1.54) is 5.56 Å². The minimum Gasteiger partial charge on any atom is -0.494 e. The van der Waals surface area contributed by atoms with Crippen LogP contribution in [0.3, 0.4) is 0 Å². The Hall–Kier alpha value is -3.11. The van der Waals surface area contributed by atoms with E-state index in [-0.39, 0.29) is 5.92 Å². The van der Waals surface area contributed by atoms with Crippen LogP contribution in [0, 0.1) is 0 Å². The Morgan fingerprint density at radius 1 is 1.00 bits per heavy atom. The van der Waals surface area contributed by atoms with Crippen LogP contribution < -0.4 is 10.2 Å². The van der Waals surface area contributed by atoms with E-state index >= 15 is 0 Å². The number of halogens is 1. The van der Waals surface area contributed by atoms with Crippen LogP contribution in [-0.2, 0) is 0 Å². The molecule has 1 heterocycles. The highest BCUT2D eigenvalue weighted by Crippen LogP contribution is 2.27. The highest BCUT2D eigenvalue weighted by Gasteiger charge is 2.29. The largest absolute Gasteiger partial charge is 0.494 e. The molecule has 5 heteroatoms. The lowest BCUT2D eigenvalue weighted by molar-refractivity contribution is 0.340. The fourth-order valence-electron chi connectivity index (χ4n) is 3.36. The monoisotopic (exact) mass is 403 g/mol. The first-order valence-corrected chi connectivity index (χ1v) is 10.0. The van der Waals surface area contributed by atoms with E-state index in [4.69, 9.17) is 26.4 Å². The van der Waals surface area contributed by atoms with Crippen molar-refractivity contribution in [1.29, 1.82) is 0 Å². The molecule has 29 heavy (non-hydrogen) atoms. The van der Waals surface area contributed by atoms with Gasteiger partial charge >= 0.3 is 0 Å². The maximum Gasteiger partial charge on any atom is 0.119 e. The molecule has 0 spiro atoms. The zero-order valence-electron chi connectivity index (χ0n) is 16.2. The number of hydrogen-bond acceptors (Lipinski definition) is 4. The molecule has 4 nitrogen and oxygen atoms in total. The van der Waals surface area contributed by atoms with Crippen molar-refractivity contribution in [3.8, 4) is 5.75 Å². The van der Waals surface area contributed by atoms with Gasteiger partial charge in [0.2, 0.25) is 0 Å². The summed E-state index contributed by atoms with van der Waals surface area (Å²) in [6.45, 7) is 3.29. The first-order valence-electron chi connectivity index (χ1n) is 9.66. The Balaban J connectivity index is 1.64. The number of hydrazone groups is 1. The first-order chi connectivity index (χ1) is 14.2. The zero-order valence-corrected chi connectivity index (χ0v) is 16.9. The van der Waals surface area contributed by atoms with E-state index < -0.39 is 0 Å². The molecule has 1 unspecified atom stereocenters. The van der Waals surface area contributed by atoms with E-state index in [0.29, 0.717) is 18.2 Å². The van der Waals surface area contributed by atoms with Gasteiger partial charge in [-0.3, -0.25) is 10.4 Å². The molecule has 3 aromatic carbocycles. The van der Waals surface area contributed by atoms with Gasteiger partial charge in [0.25, 0.3) is 0 Å². The number of hydrogen-bond donors (Lipinski definition) is 1. The Labute approximate surface area is 175 Å². The SMILES string of the molecule is CCOc1ccc(NN=C2C(c3ccc(Cl)cc3)=NCC2c2ccccc2)cc1. The number of ether oxygens (including phenoxy) is 1. The second kappa shape index (κ2) is 8.93. The standard InChI is InChI=1S/C24H22ClN3O/c1-2-29-21-14-12-20(13-15-21)27-28-24-22(17-6-4-3-5-7-17)16-26-23(24)18-8-10-19(25)11-9-18/h3-15,22,27H,2,16H2,1H3. The van der Waals surface area contributed by atoms with Crippen molar-refractivity contribution >= 4 is 28.7 Å². The van der Waals surface area contributed by atoms with E-state index in [0.717, 1.165) is 28.4 Å². The van der Waals surface area contributed by atoms with Crippen LogP contribution in [0.1, 0.15) is 24.0 Å². The van der Waals surface area contributed by atoms with Gasteiger partial charge in [-0.05, 0) is 48.9 Å². The van der Waals surface area contributed by atoms with Crippen molar-refractivity contribution in [2.75, 3.05) is 18.6 Å². The molecule has 0 aliphatic carbocycles. The fraction of sp³-hybridized carbons (Fsp3) is 0.167. The van der Waals surface area contributed by atoms with Gasteiger partial charge in [0.15, 0.2) is 0 Å². The van der Waals surface area contributed by atoms with Gasteiger partial charge in [0, 0.05) is 16.5 Å². The highest BCUT2D eigenvalue weighted by molar-refractivity contribution is 6.51. The normalized spacial score (nSPS) is 17.2. The number of nitrogens with zero attached hydrogens (tertiary/aromatic N) is 2. The second-order valence-electron chi connectivity index (χ2n) is 6.73. The Morgan fingerprint density at radius 2 is 1.72 bits per heavy atom. The minimum absolute atomic E-state index is 0.108. The van der Waals surface area contributed by atoms with Crippen molar-refractivity contribution in [2.45, 2.75) is 12.8 Å². The second-order valence-corrected chi connectivity index (χ2v) is 7.16. The van der Waals surface area contributed by atoms with Gasteiger partial charge in [-0.2, -0.15) is 5.10 Å². The molecule has 0 saturated heterocycles. The predicted octanol–water partition coefficient (Wildman–Crippen LogP) is 5.79. The van der Waals surface area contributed by atoms with Gasteiger partial charge in [-0.1, -0.05) is 54.1 Å². The molecular formula is C24H22ClN3O. The average Bonchev–Trinajstić information content (AvgIpc) is 3.18. The van der Waals surface area contributed by atoms with Crippen molar-refractivity contribution < 1.29 is 4.74 Å². The van der Waals surface area contributed by atoms with E-state index in [1.54, 1.807) is 0 Å². The maximum absolute atomic E-state index is 6.06. The molecule has 1 N–H and O–H groups in total. The molecule has 146 valence electrons. The summed E-state index contributed by atoms with van der Waals surface area (Å²) in [5.74, 6) is 0.953. The Bertz CT molecular complexity index is 1010. The number of aliphatic imine (C=N–C) groups is 1. The summed E-state index contributed by atoms with van der Waals surface area (Å²) in [7, 11) is 0. The highest BCUT2D eigenvalue weighted by atomic mass is 35.5. The molecule has 4 rings (SSSR count). The van der Waals surface area contributed by atoms with Crippen LogP contribution in [0.15, 0.2) is 89.0 Å². The summed E-state index contributed by atoms with van der Waals surface area (Å²) in [6.07, 6.45) is 0. The quantitative estimate of drug-likeness (QED) is 0.529. The van der Waals surface area contributed by atoms with Crippen molar-refractivity contribution in [3.63, 3.8) is 0 Å². The van der Waals surface area contributed by atoms with E-state index in [2.05, 4.69) is 17.6 Å². The molecule has 0 radical (unpaired) electrons. The first kappa shape index (κ1) is 19.2. The molecule has 0 saturated carbocycles. The summed E-state index contributed by atoms with van der Waals surface area (Å²) in [5, 5.41) is 5.48. The Morgan fingerprint density at radius 3 is 2.41 bits per heavy atom. The number of rotatable bonds is 6. The predicted molar refractivity (Wildman–Crippen MR) is 121 cm³/mol. The average molecular weight is 404 g/mol. The van der Waals surface area contributed by atoms with Crippen LogP contribution >= 0.6 is 11.6 Å². The Kier molecular flexibility index (Phi) is 5.92.